The summed E-state index contributed by atoms with van der Waals surface area (Å²) in [5.41, 5.74) is 1.17. The molecule has 0 spiro atoms. The van der Waals surface area contributed by atoms with Crippen LogP contribution in [0.15, 0.2) is 12.5 Å². The Morgan fingerprint density at radius 3 is 2.87 bits per heavy atom. The lowest BCUT2D eigenvalue weighted by atomic mass is 10.0. The summed E-state index contributed by atoms with van der Waals surface area (Å²) in [7, 11) is 1.86. The number of nitrogens with one attached hydrogen (secondary N) is 1. The molecule has 2 aromatic rings. The normalized spacial score (nSPS) is 21.6. The van der Waals surface area contributed by atoms with Crippen LogP contribution in [0, 0.1) is 5.92 Å². The molecule has 2 heterocycles. The SMILES string of the molecule is Cn1ncc2ncnc(NC3CCCC3C(=O)OC(C)(C)C)c21. The fraction of sp³-hybridized carbons (Fsp3) is 0.625. The van der Waals surface area contributed by atoms with Gasteiger partial charge in [0.2, 0.25) is 0 Å². The van der Waals surface area contributed by atoms with E-state index in [0.29, 0.717) is 0 Å². The average Bonchev–Trinajstić information content (AvgIpc) is 3.05. The minimum Gasteiger partial charge on any atom is -0.460 e. The third-order valence-electron chi connectivity index (χ3n) is 4.08. The van der Waals surface area contributed by atoms with Crippen LogP contribution in [0.2, 0.25) is 0 Å². The summed E-state index contributed by atoms with van der Waals surface area (Å²) in [6.45, 7) is 5.68. The molecule has 2 aromatic heterocycles. The fourth-order valence-electron chi connectivity index (χ4n) is 3.08. The highest BCUT2D eigenvalue weighted by Crippen LogP contribution is 2.31. The Morgan fingerprint density at radius 2 is 2.13 bits per heavy atom. The highest BCUT2D eigenvalue weighted by atomic mass is 16.6. The van der Waals surface area contributed by atoms with Gasteiger partial charge < -0.3 is 10.1 Å². The number of carbonyl (C=O) groups is 1. The van der Waals surface area contributed by atoms with E-state index in [0.717, 1.165) is 36.1 Å². The summed E-state index contributed by atoms with van der Waals surface area (Å²) in [4.78, 5) is 21.0. The Labute approximate surface area is 135 Å². The van der Waals surface area contributed by atoms with E-state index in [2.05, 4.69) is 20.4 Å². The van der Waals surface area contributed by atoms with Crippen LogP contribution in [0.3, 0.4) is 0 Å². The Hall–Kier alpha value is -2.18. The highest BCUT2D eigenvalue weighted by molar-refractivity contribution is 5.85. The molecule has 0 amide bonds. The zero-order valence-corrected chi connectivity index (χ0v) is 14.0. The lowest BCUT2D eigenvalue weighted by Gasteiger charge is -2.25. The van der Waals surface area contributed by atoms with Crippen LogP contribution < -0.4 is 5.32 Å². The van der Waals surface area contributed by atoms with Crippen LogP contribution >= 0.6 is 0 Å². The van der Waals surface area contributed by atoms with E-state index in [1.807, 2.05) is 27.8 Å². The summed E-state index contributed by atoms with van der Waals surface area (Å²) < 4.78 is 7.30. The molecule has 0 bridgehead atoms. The number of fused-ring (bicyclic) bond motifs is 1. The first-order chi connectivity index (χ1) is 10.8. The summed E-state index contributed by atoms with van der Waals surface area (Å²) >= 11 is 0. The molecule has 0 aliphatic heterocycles. The van der Waals surface area contributed by atoms with Crippen LogP contribution in [-0.4, -0.2) is 37.4 Å². The Morgan fingerprint density at radius 1 is 1.35 bits per heavy atom. The fourth-order valence-corrected chi connectivity index (χ4v) is 3.08. The molecule has 1 fully saturated rings. The van der Waals surface area contributed by atoms with E-state index in [-0.39, 0.29) is 17.9 Å². The molecule has 1 N–H and O–H groups in total. The van der Waals surface area contributed by atoms with Crippen molar-refractivity contribution < 1.29 is 9.53 Å². The molecule has 0 aromatic carbocycles. The van der Waals surface area contributed by atoms with E-state index in [1.54, 1.807) is 10.9 Å². The molecule has 0 radical (unpaired) electrons. The van der Waals surface area contributed by atoms with Gasteiger partial charge in [0.05, 0.1) is 12.1 Å². The molecular formula is C16H23N5O2. The third kappa shape index (κ3) is 3.28. The van der Waals surface area contributed by atoms with Gasteiger partial charge >= 0.3 is 5.97 Å². The summed E-state index contributed by atoms with van der Waals surface area (Å²) in [6.07, 6.45) is 5.99. The van der Waals surface area contributed by atoms with Crippen molar-refractivity contribution in [2.45, 2.75) is 51.7 Å². The largest absolute Gasteiger partial charge is 0.460 e. The quantitative estimate of drug-likeness (QED) is 0.875. The standard InChI is InChI=1S/C16H23N5O2/c1-16(2,3)23-15(22)10-6-5-7-11(10)20-14-13-12(17-9-18-14)8-19-21(13)4/h8-11H,5-7H2,1-4H3,(H,17,18,20). The van der Waals surface area contributed by atoms with Gasteiger partial charge in [-0.05, 0) is 33.6 Å². The summed E-state index contributed by atoms with van der Waals surface area (Å²) in [5.74, 6) is 0.436. The molecule has 1 aliphatic carbocycles. The second-order valence-corrected chi connectivity index (χ2v) is 7.05. The van der Waals surface area contributed by atoms with Crippen LogP contribution in [-0.2, 0) is 16.6 Å². The van der Waals surface area contributed by atoms with E-state index in [1.165, 1.54) is 6.33 Å². The predicted molar refractivity (Wildman–Crippen MR) is 86.9 cm³/mol. The van der Waals surface area contributed by atoms with Crippen LogP contribution in [0.1, 0.15) is 40.0 Å². The van der Waals surface area contributed by atoms with Crippen molar-refractivity contribution in [1.82, 2.24) is 19.7 Å². The van der Waals surface area contributed by atoms with Gasteiger partial charge in [0, 0.05) is 13.1 Å². The molecule has 7 nitrogen and oxygen atoms in total. The molecule has 7 heteroatoms. The number of carbonyl (C=O) groups excluding carboxylic acids is 1. The lowest BCUT2D eigenvalue weighted by Crippen LogP contribution is -2.35. The number of hydrogen-bond acceptors (Lipinski definition) is 6. The second-order valence-electron chi connectivity index (χ2n) is 7.05. The smallest absolute Gasteiger partial charge is 0.311 e. The molecule has 1 saturated carbocycles. The first kappa shape index (κ1) is 15.7. The van der Waals surface area contributed by atoms with Gasteiger partial charge in [-0.2, -0.15) is 5.10 Å². The number of aryl methyl sites for hydroxylation is 1. The maximum Gasteiger partial charge on any atom is 0.311 e. The maximum atomic E-state index is 12.4. The lowest BCUT2D eigenvalue weighted by molar-refractivity contribution is -0.159. The van der Waals surface area contributed by atoms with E-state index < -0.39 is 5.60 Å². The van der Waals surface area contributed by atoms with E-state index in [4.69, 9.17) is 4.74 Å². The van der Waals surface area contributed by atoms with Crippen LogP contribution in [0.4, 0.5) is 5.82 Å². The van der Waals surface area contributed by atoms with Gasteiger partial charge in [0.25, 0.3) is 0 Å². The minimum absolute atomic E-state index is 0.0258. The molecule has 1 aliphatic rings. The third-order valence-corrected chi connectivity index (χ3v) is 4.08. The molecular weight excluding hydrogens is 294 g/mol. The average molecular weight is 317 g/mol. The Balaban J connectivity index is 1.81. The van der Waals surface area contributed by atoms with Gasteiger partial charge in [-0.1, -0.05) is 6.42 Å². The van der Waals surface area contributed by atoms with Crippen molar-refractivity contribution in [2.24, 2.45) is 13.0 Å². The maximum absolute atomic E-state index is 12.4. The van der Waals surface area contributed by atoms with Crippen LogP contribution in [0.5, 0.6) is 0 Å². The number of anilines is 1. The first-order valence-corrected chi connectivity index (χ1v) is 7.97. The highest BCUT2D eigenvalue weighted by Gasteiger charge is 2.36. The van der Waals surface area contributed by atoms with Crippen molar-refractivity contribution in [2.75, 3.05) is 5.32 Å². The number of nitrogens with zero attached hydrogens (tertiary/aromatic N) is 4. The molecule has 124 valence electrons. The van der Waals surface area contributed by atoms with Crippen molar-refractivity contribution in [1.29, 1.82) is 0 Å². The zero-order valence-electron chi connectivity index (χ0n) is 14.0. The number of rotatable bonds is 3. The van der Waals surface area contributed by atoms with Crippen LogP contribution in [0.25, 0.3) is 11.0 Å². The van der Waals surface area contributed by atoms with Gasteiger partial charge in [0.15, 0.2) is 5.82 Å². The Bertz CT molecular complexity index is 719. The monoisotopic (exact) mass is 317 g/mol. The van der Waals surface area contributed by atoms with E-state index >= 15 is 0 Å². The minimum atomic E-state index is -0.464. The first-order valence-electron chi connectivity index (χ1n) is 7.97. The van der Waals surface area contributed by atoms with Gasteiger partial charge in [-0.3, -0.25) is 9.48 Å². The topological polar surface area (TPSA) is 81.9 Å². The van der Waals surface area contributed by atoms with Crippen molar-refractivity contribution in [3.63, 3.8) is 0 Å². The summed E-state index contributed by atoms with van der Waals surface area (Å²) in [5, 5.41) is 7.63. The van der Waals surface area contributed by atoms with E-state index in [9.17, 15) is 4.79 Å². The van der Waals surface area contributed by atoms with Crippen molar-refractivity contribution in [3.8, 4) is 0 Å². The number of ether oxygens (including phenoxy) is 1. The molecule has 3 rings (SSSR count). The second kappa shape index (κ2) is 5.79. The zero-order chi connectivity index (χ0) is 16.6. The molecule has 2 atom stereocenters. The number of aromatic nitrogens is 4. The van der Waals surface area contributed by atoms with Gasteiger partial charge in [-0.25, -0.2) is 9.97 Å². The molecule has 23 heavy (non-hydrogen) atoms. The van der Waals surface area contributed by atoms with Gasteiger partial charge in [0.1, 0.15) is 23.0 Å². The van der Waals surface area contributed by atoms with Crippen molar-refractivity contribution >= 4 is 22.8 Å². The number of hydrogen-bond donors (Lipinski definition) is 1. The Kier molecular flexibility index (Phi) is 3.95. The number of esters is 1. The molecule has 0 saturated heterocycles. The summed E-state index contributed by atoms with van der Waals surface area (Å²) in [6, 6.07) is 0.0258. The predicted octanol–water partition coefficient (Wildman–Crippen LogP) is 2.29. The van der Waals surface area contributed by atoms with Crippen molar-refractivity contribution in [3.05, 3.63) is 12.5 Å². The van der Waals surface area contributed by atoms with Gasteiger partial charge in [-0.15, -0.1) is 0 Å². The molecule has 2 unspecified atom stereocenters.